The highest BCUT2D eigenvalue weighted by Crippen LogP contribution is 2.28. The highest BCUT2D eigenvalue weighted by Gasteiger charge is 2.13. The molecule has 0 atom stereocenters. The van der Waals surface area contributed by atoms with E-state index in [2.05, 4.69) is 10.3 Å². The standard InChI is InChI=1S/C16H12Cl2N2O2/c1-22-15-5-3-10(7-13(15)18)20-16(21)12-8-19-14-6-9(17)2-4-11(12)14/h2-8,19H,1H3,(H,20,21). The molecule has 0 saturated carbocycles. The summed E-state index contributed by atoms with van der Waals surface area (Å²) in [6.45, 7) is 0. The highest BCUT2D eigenvalue weighted by atomic mass is 35.5. The Balaban J connectivity index is 1.88. The van der Waals surface area contributed by atoms with Crippen LogP contribution in [0, 0.1) is 0 Å². The molecule has 4 nitrogen and oxygen atoms in total. The summed E-state index contributed by atoms with van der Waals surface area (Å²) in [7, 11) is 1.54. The molecule has 2 N–H and O–H groups in total. The summed E-state index contributed by atoms with van der Waals surface area (Å²) >= 11 is 12.0. The van der Waals surface area contributed by atoms with Crippen molar-refractivity contribution in [2.24, 2.45) is 0 Å². The zero-order valence-electron chi connectivity index (χ0n) is 11.6. The number of anilines is 1. The number of halogens is 2. The normalized spacial score (nSPS) is 10.7. The topological polar surface area (TPSA) is 54.1 Å². The van der Waals surface area contributed by atoms with E-state index in [0.29, 0.717) is 27.0 Å². The van der Waals surface area contributed by atoms with Gasteiger partial charge in [0.05, 0.1) is 17.7 Å². The molecule has 112 valence electrons. The lowest BCUT2D eigenvalue weighted by atomic mass is 10.1. The van der Waals surface area contributed by atoms with E-state index in [1.165, 1.54) is 7.11 Å². The number of aromatic amines is 1. The summed E-state index contributed by atoms with van der Waals surface area (Å²) in [4.78, 5) is 15.4. The van der Waals surface area contributed by atoms with E-state index in [1.54, 1.807) is 36.5 Å². The van der Waals surface area contributed by atoms with E-state index in [4.69, 9.17) is 27.9 Å². The summed E-state index contributed by atoms with van der Waals surface area (Å²) in [5, 5.41) is 4.67. The fraction of sp³-hybridized carbons (Fsp3) is 0.0625. The summed E-state index contributed by atoms with van der Waals surface area (Å²) in [6, 6.07) is 10.4. The Kier molecular flexibility index (Phi) is 3.96. The van der Waals surface area contributed by atoms with Crippen LogP contribution < -0.4 is 10.1 Å². The number of carbonyl (C=O) groups excluding carboxylic acids is 1. The lowest BCUT2D eigenvalue weighted by Crippen LogP contribution is -2.11. The van der Waals surface area contributed by atoms with E-state index < -0.39 is 0 Å². The lowest BCUT2D eigenvalue weighted by molar-refractivity contribution is 0.102. The van der Waals surface area contributed by atoms with E-state index in [1.807, 2.05) is 6.07 Å². The van der Waals surface area contributed by atoms with Crippen LogP contribution in [0.1, 0.15) is 10.4 Å². The molecule has 3 aromatic rings. The third-order valence-corrected chi connectivity index (χ3v) is 3.83. The molecule has 6 heteroatoms. The van der Waals surface area contributed by atoms with Crippen LogP contribution in [0.15, 0.2) is 42.6 Å². The Labute approximate surface area is 137 Å². The third kappa shape index (κ3) is 2.75. The smallest absolute Gasteiger partial charge is 0.257 e. The number of hydrogen-bond acceptors (Lipinski definition) is 2. The van der Waals surface area contributed by atoms with Gasteiger partial charge in [0.25, 0.3) is 5.91 Å². The highest BCUT2D eigenvalue weighted by molar-refractivity contribution is 6.32. The fourth-order valence-corrected chi connectivity index (χ4v) is 2.66. The predicted octanol–water partition coefficient (Wildman–Crippen LogP) is 4.74. The fourth-order valence-electron chi connectivity index (χ4n) is 2.23. The number of H-pyrrole nitrogens is 1. The van der Waals surface area contributed by atoms with Crippen LogP contribution in [0.5, 0.6) is 5.75 Å². The largest absolute Gasteiger partial charge is 0.495 e. The SMILES string of the molecule is COc1ccc(NC(=O)c2c[nH]c3cc(Cl)ccc23)cc1Cl. The molecule has 1 heterocycles. The van der Waals surface area contributed by atoms with Gasteiger partial charge in [-0.2, -0.15) is 0 Å². The Bertz CT molecular complexity index is 858. The van der Waals surface area contributed by atoms with Gasteiger partial charge in [-0.25, -0.2) is 0 Å². The van der Waals surface area contributed by atoms with Gasteiger partial charge < -0.3 is 15.0 Å². The van der Waals surface area contributed by atoms with Gasteiger partial charge in [0.15, 0.2) is 0 Å². The second-order valence-corrected chi connectivity index (χ2v) is 5.54. The van der Waals surface area contributed by atoms with Crippen molar-refractivity contribution in [1.82, 2.24) is 4.98 Å². The number of benzene rings is 2. The molecule has 0 radical (unpaired) electrons. The molecule has 22 heavy (non-hydrogen) atoms. The Morgan fingerprint density at radius 3 is 2.73 bits per heavy atom. The van der Waals surface area contributed by atoms with E-state index in [0.717, 1.165) is 10.9 Å². The Hall–Kier alpha value is -2.17. The first-order valence-corrected chi connectivity index (χ1v) is 7.25. The zero-order chi connectivity index (χ0) is 15.7. The first-order valence-electron chi connectivity index (χ1n) is 6.50. The Morgan fingerprint density at radius 1 is 1.18 bits per heavy atom. The second-order valence-electron chi connectivity index (χ2n) is 4.70. The monoisotopic (exact) mass is 334 g/mol. The average Bonchev–Trinajstić information content (AvgIpc) is 2.90. The van der Waals surface area contributed by atoms with Gasteiger partial charge in [-0.05, 0) is 30.3 Å². The first-order chi connectivity index (χ1) is 10.6. The quantitative estimate of drug-likeness (QED) is 0.727. The van der Waals surface area contributed by atoms with Crippen molar-refractivity contribution in [2.45, 2.75) is 0 Å². The van der Waals surface area contributed by atoms with Crippen LogP contribution in [-0.4, -0.2) is 18.0 Å². The van der Waals surface area contributed by atoms with Gasteiger partial charge in [-0.1, -0.05) is 29.3 Å². The molecule has 0 bridgehead atoms. The molecule has 0 aliphatic carbocycles. The van der Waals surface area contributed by atoms with Gasteiger partial charge in [0.2, 0.25) is 0 Å². The molecule has 0 spiro atoms. The number of ether oxygens (including phenoxy) is 1. The molecule has 0 saturated heterocycles. The third-order valence-electron chi connectivity index (χ3n) is 3.30. The molecule has 1 aromatic heterocycles. The maximum absolute atomic E-state index is 12.4. The molecule has 3 rings (SSSR count). The summed E-state index contributed by atoms with van der Waals surface area (Å²) in [5.74, 6) is 0.330. The van der Waals surface area contributed by atoms with Crippen LogP contribution in [0.2, 0.25) is 10.0 Å². The minimum atomic E-state index is -0.227. The molecular formula is C16H12Cl2N2O2. The average molecular weight is 335 g/mol. The molecule has 0 fully saturated rings. The molecule has 0 aliphatic heterocycles. The van der Waals surface area contributed by atoms with Crippen molar-refractivity contribution in [2.75, 3.05) is 12.4 Å². The van der Waals surface area contributed by atoms with Gasteiger partial charge >= 0.3 is 0 Å². The summed E-state index contributed by atoms with van der Waals surface area (Å²) in [6.07, 6.45) is 1.65. The predicted molar refractivity (Wildman–Crippen MR) is 89.3 cm³/mol. The van der Waals surface area contributed by atoms with E-state index in [9.17, 15) is 4.79 Å². The van der Waals surface area contributed by atoms with Crippen molar-refractivity contribution in [1.29, 1.82) is 0 Å². The number of fused-ring (bicyclic) bond motifs is 1. The summed E-state index contributed by atoms with van der Waals surface area (Å²) in [5.41, 5.74) is 1.95. The van der Waals surface area contributed by atoms with Gasteiger partial charge in [-0.3, -0.25) is 4.79 Å². The number of methoxy groups -OCH3 is 1. The number of aromatic nitrogens is 1. The lowest BCUT2D eigenvalue weighted by Gasteiger charge is -2.07. The zero-order valence-corrected chi connectivity index (χ0v) is 13.1. The second kappa shape index (κ2) is 5.91. The molecule has 2 aromatic carbocycles. The van der Waals surface area contributed by atoms with Gasteiger partial charge in [0, 0.05) is 27.8 Å². The van der Waals surface area contributed by atoms with E-state index >= 15 is 0 Å². The number of amides is 1. The minimum absolute atomic E-state index is 0.227. The molecule has 1 amide bonds. The van der Waals surface area contributed by atoms with Crippen LogP contribution in [0.4, 0.5) is 5.69 Å². The van der Waals surface area contributed by atoms with Crippen LogP contribution >= 0.6 is 23.2 Å². The number of rotatable bonds is 3. The molecule has 0 unspecified atom stereocenters. The van der Waals surface area contributed by atoms with Gasteiger partial charge in [-0.15, -0.1) is 0 Å². The van der Waals surface area contributed by atoms with Crippen LogP contribution in [0.3, 0.4) is 0 Å². The summed E-state index contributed by atoms with van der Waals surface area (Å²) < 4.78 is 5.08. The van der Waals surface area contributed by atoms with Crippen molar-refractivity contribution in [3.63, 3.8) is 0 Å². The van der Waals surface area contributed by atoms with Crippen molar-refractivity contribution >= 4 is 45.7 Å². The molecular weight excluding hydrogens is 323 g/mol. The number of carbonyl (C=O) groups is 1. The molecule has 0 aliphatic rings. The number of nitrogens with one attached hydrogen (secondary N) is 2. The Morgan fingerprint density at radius 2 is 2.00 bits per heavy atom. The minimum Gasteiger partial charge on any atom is -0.495 e. The van der Waals surface area contributed by atoms with Crippen LogP contribution in [0.25, 0.3) is 10.9 Å². The van der Waals surface area contributed by atoms with Gasteiger partial charge in [0.1, 0.15) is 5.75 Å². The van der Waals surface area contributed by atoms with Crippen molar-refractivity contribution in [3.8, 4) is 5.75 Å². The van der Waals surface area contributed by atoms with E-state index in [-0.39, 0.29) is 5.91 Å². The first kappa shape index (κ1) is 14.8. The number of hydrogen-bond donors (Lipinski definition) is 2. The van der Waals surface area contributed by atoms with Crippen molar-refractivity contribution < 1.29 is 9.53 Å². The maximum atomic E-state index is 12.4. The maximum Gasteiger partial charge on any atom is 0.257 e. The van der Waals surface area contributed by atoms with Crippen LogP contribution in [-0.2, 0) is 0 Å². The van der Waals surface area contributed by atoms with Crippen molar-refractivity contribution in [3.05, 3.63) is 58.2 Å².